The Morgan fingerprint density at radius 3 is 0.516 bits per heavy atom. The maximum Gasteiger partial charge on any atom is 0.0872 e. The van der Waals surface area contributed by atoms with Crippen LogP contribution in [0.4, 0.5) is 0 Å². The van der Waals surface area contributed by atoms with E-state index in [1.165, 1.54) is 366 Å². The lowest BCUT2D eigenvalue weighted by atomic mass is 9.98. The monoisotopic (exact) mass is 922 g/mol. The molecule has 0 rings (SSSR count). The lowest BCUT2D eigenvalue weighted by Gasteiger charge is -2.25. The highest BCUT2D eigenvalue weighted by Gasteiger charge is 2.17. The van der Waals surface area contributed by atoms with E-state index in [0.717, 1.165) is 6.04 Å². The highest BCUT2D eigenvalue weighted by atomic mass is 35.5. The molecular formula is C62H128ClN. The van der Waals surface area contributed by atoms with Gasteiger partial charge in [0.25, 0.3) is 0 Å². The molecule has 0 heterocycles. The van der Waals surface area contributed by atoms with Gasteiger partial charge in [-0.3, -0.25) is 0 Å². The number of hydrogen-bond acceptors (Lipinski definition) is 0. The van der Waals surface area contributed by atoms with Gasteiger partial charge in [0.1, 0.15) is 0 Å². The number of nitrogens with one attached hydrogen (secondary N) is 1. The van der Waals surface area contributed by atoms with Gasteiger partial charge in [-0.2, -0.15) is 0 Å². The molecule has 0 amide bonds. The first-order valence-electron chi connectivity index (χ1n) is 31.1. The molecule has 0 aromatic rings. The van der Waals surface area contributed by atoms with Crippen LogP contribution in [0.15, 0.2) is 0 Å². The normalized spacial score (nSPS) is 12.1. The van der Waals surface area contributed by atoms with E-state index in [9.17, 15) is 0 Å². The Labute approximate surface area is 415 Å². The molecule has 0 radical (unpaired) electrons. The van der Waals surface area contributed by atoms with Crippen LogP contribution in [0.1, 0.15) is 380 Å². The molecular weight excluding hydrogens is 794 g/mol. The predicted molar refractivity (Wildman–Crippen MR) is 291 cm³/mol. The van der Waals surface area contributed by atoms with Gasteiger partial charge in [-0.25, -0.2) is 0 Å². The van der Waals surface area contributed by atoms with E-state index in [0.29, 0.717) is 0 Å². The standard InChI is InChI=1S/C62H127N.ClH/c1-5-8-11-14-17-20-23-26-29-32-35-38-41-44-47-50-53-56-59-62(60-57-54-51-48-45-42-39-36-33-30-27-24-21-18-15-12-9-6-2)63(4)61-58-55-52-49-46-43-40-37-34-31-28-25-22-19-16-13-10-7-3;/h62H,5-61H2,1-4H3;1H. The molecule has 0 aliphatic carbocycles. The maximum atomic E-state index is 2.57. The van der Waals surface area contributed by atoms with Gasteiger partial charge in [0, 0.05) is 0 Å². The van der Waals surface area contributed by atoms with E-state index in [-0.39, 0.29) is 12.4 Å². The summed E-state index contributed by atoms with van der Waals surface area (Å²) < 4.78 is 0. The number of hydrogen-bond donors (Lipinski definition) is 1. The van der Waals surface area contributed by atoms with E-state index >= 15 is 0 Å². The van der Waals surface area contributed by atoms with Crippen LogP contribution in [-0.4, -0.2) is 19.6 Å². The molecule has 0 bridgehead atoms. The second-order valence-electron chi connectivity index (χ2n) is 21.9. The summed E-state index contributed by atoms with van der Waals surface area (Å²) >= 11 is 0. The lowest BCUT2D eigenvalue weighted by Crippen LogP contribution is -3.13. The highest BCUT2D eigenvalue weighted by Crippen LogP contribution is 2.19. The van der Waals surface area contributed by atoms with Gasteiger partial charge >= 0.3 is 0 Å². The third-order valence-electron chi connectivity index (χ3n) is 15.4. The first-order chi connectivity index (χ1) is 31.3. The Bertz CT molecular complexity index is 728. The van der Waals surface area contributed by atoms with Gasteiger partial charge in [0.2, 0.25) is 0 Å². The number of rotatable bonds is 58. The quantitative estimate of drug-likeness (QED) is 0.0580. The average molecular weight is 923 g/mol. The van der Waals surface area contributed by atoms with E-state index in [1.54, 1.807) is 0 Å². The topological polar surface area (TPSA) is 4.44 Å². The molecule has 0 saturated heterocycles. The van der Waals surface area contributed by atoms with Gasteiger partial charge in [0.05, 0.1) is 19.6 Å². The highest BCUT2D eigenvalue weighted by molar-refractivity contribution is 4.60. The summed E-state index contributed by atoms with van der Waals surface area (Å²) in [6, 6.07) is 0.915. The second kappa shape index (κ2) is 61.3. The minimum atomic E-state index is 0. The summed E-state index contributed by atoms with van der Waals surface area (Å²) in [5.74, 6) is 0. The number of quaternary nitrogens is 1. The van der Waals surface area contributed by atoms with E-state index in [4.69, 9.17) is 0 Å². The Kier molecular flexibility index (Phi) is 63.5. The van der Waals surface area contributed by atoms with Gasteiger partial charge in [0.15, 0.2) is 0 Å². The van der Waals surface area contributed by atoms with Crippen molar-refractivity contribution in [2.45, 2.75) is 386 Å². The average Bonchev–Trinajstić information content (AvgIpc) is 3.29. The fourth-order valence-electron chi connectivity index (χ4n) is 10.7. The van der Waals surface area contributed by atoms with Gasteiger partial charge in [-0.15, -0.1) is 0 Å². The minimum Gasteiger partial charge on any atom is -1.00 e. The second-order valence-corrected chi connectivity index (χ2v) is 21.9. The van der Waals surface area contributed by atoms with Crippen molar-refractivity contribution in [1.29, 1.82) is 0 Å². The van der Waals surface area contributed by atoms with E-state index < -0.39 is 0 Å². The van der Waals surface area contributed by atoms with Crippen molar-refractivity contribution in [2.75, 3.05) is 13.6 Å². The SMILES string of the molecule is CCCCCCCCCCCCCCCCCCCCC(CCCCCCCCCCCCCCCCCCCC)[NH+](C)CCCCCCCCCCCCCCCCCCCC.[Cl-]. The largest absolute Gasteiger partial charge is 1.00 e. The Morgan fingerprint density at radius 1 is 0.203 bits per heavy atom. The summed E-state index contributed by atoms with van der Waals surface area (Å²) in [6.45, 7) is 8.38. The van der Waals surface area contributed by atoms with Crippen LogP contribution in [0.5, 0.6) is 0 Å². The van der Waals surface area contributed by atoms with Crippen LogP contribution in [0.25, 0.3) is 0 Å². The van der Waals surface area contributed by atoms with Crippen LogP contribution in [-0.2, 0) is 0 Å². The summed E-state index contributed by atoms with van der Waals surface area (Å²) in [4.78, 5) is 1.88. The molecule has 1 N–H and O–H groups in total. The summed E-state index contributed by atoms with van der Waals surface area (Å²) in [7, 11) is 2.57. The molecule has 0 aromatic heterocycles. The smallest absolute Gasteiger partial charge is 0.0872 e. The molecule has 1 nitrogen and oxygen atoms in total. The van der Waals surface area contributed by atoms with Crippen molar-refractivity contribution in [1.82, 2.24) is 0 Å². The van der Waals surface area contributed by atoms with Crippen LogP contribution < -0.4 is 17.3 Å². The molecule has 64 heavy (non-hydrogen) atoms. The third kappa shape index (κ3) is 56.6. The van der Waals surface area contributed by atoms with Gasteiger partial charge < -0.3 is 17.3 Å². The molecule has 2 heteroatoms. The van der Waals surface area contributed by atoms with Crippen molar-refractivity contribution in [3.05, 3.63) is 0 Å². The molecule has 388 valence electrons. The number of halogens is 1. The minimum absolute atomic E-state index is 0. The summed E-state index contributed by atoms with van der Waals surface area (Å²) in [6.07, 6.45) is 82.8. The Hall–Kier alpha value is 0.250. The van der Waals surface area contributed by atoms with Crippen LogP contribution in [0, 0.1) is 0 Å². The fourth-order valence-corrected chi connectivity index (χ4v) is 10.7. The molecule has 0 fully saturated rings. The molecule has 1 atom stereocenters. The molecule has 0 spiro atoms. The summed E-state index contributed by atoms with van der Waals surface area (Å²) in [5.41, 5.74) is 0. The van der Waals surface area contributed by atoms with E-state index in [2.05, 4.69) is 27.8 Å². The Morgan fingerprint density at radius 2 is 0.344 bits per heavy atom. The van der Waals surface area contributed by atoms with Crippen molar-refractivity contribution >= 4 is 0 Å². The lowest BCUT2D eigenvalue weighted by molar-refractivity contribution is -0.907. The maximum absolute atomic E-state index is 2.57. The zero-order chi connectivity index (χ0) is 45.5. The van der Waals surface area contributed by atoms with Crippen molar-refractivity contribution in [2.24, 2.45) is 0 Å². The zero-order valence-corrected chi connectivity index (χ0v) is 46.5. The van der Waals surface area contributed by atoms with Crippen molar-refractivity contribution in [3.8, 4) is 0 Å². The third-order valence-corrected chi connectivity index (χ3v) is 15.4. The zero-order valence-electron chi connectivity index (χ0n) is 45.8. The first-order valence-corrected chi connectivity index (χ1v) is 31.1. The van der Waals surface area contributed by atoms with Crippen LogP contribution >= 0.6 is 0 Å². The van der Waals surface area contributed by atoms with Crippen LogP contribution in [0.3, 0.4) is 0 Å². The molecule has 0 aliphatic rings. The number of unbranched alkanes of at least 4 members (excludes halogenated alkanes) is 51. The molecule has 0 saturated carbocycles. The van der Waals surface area contributed by atoms with Gasteiger partial charge in [-0.05, 0) is 38.5 Å². The molecule has 1 unspecified atom stereocenters. The molecule has 0 aromatic carbocycles. The first kappa shape index (κ1) is 66.3. The fraction of sp³-hybridized carbons (Fsp3) is 1.00. The van der Waals surface area contributed by atoms with E-state index in [1.807, 2.05) is 4.90 Å². The van der Waals surface area contributed by atoms with Crippen LogP contribution in [0.2, 0.25) is 0 Å². The Balaban J connectivity index is 0. The summed E-state index contributed by atoms with van der Waals surface area (Å²) in [5, 5.41) is 0. The predicted octanol–water partition coefficient (Wildman–Crippen LogP) is 18.8. The van der Waals surface area contributed by atoms with Crippen molar-refractivity contribution < 1.29 is 17.3 Å². The molecule has 0 aliphatic heterocycles. The van der Waals surface area contributed by atoms with Crippen molar-refractivity contribution in [3.63, 3.8) is 0 Å². The van der Waals surface area contributed by atoms with Gasteiger partial charge in [-0.1, -0.05) is 342 Å².